The minimum atomic E-state index is -0.0766. The molecule has 0 saturated carbocycles. The second kappa shape index (κ2) is 5.04. The van der Waals surface area contributed by atoms with Crippen LogP contribution in [0.1, 0.15) is 31.3 Å². The number of nitrogens with zero attached hydrogens (tertiary/aromatic N) is 3. The van der Waals surface area contributed by atoms with Crippen molar-refractivity contribution in [3.63, 3.8) is 0 Å². The fraction of sp³-hybridized carbons (Fsp3) is 0.417. The first-order valence-corrected chi connectivity index (χ1v) is 6.27. The normalized spacial score (nSPS) is 19.9. The average molecular weight is 266 g/mol. The minimum Gasteiger partial charge on any atom is -0.416 e. The van der Waals surface area contributed by atoms with Crippen molar-refractivity contribution in [2.24, 2.45) is 0 Å². The Labute approximate surface area is 109 Å². The van der Waals surface area contributed by atoms with Gasteiger partial charge in [0.1, 0.15) is 11.8 Å². The summed E-state index contributed by atoms with van der Waals surface area (Å²) in [6, 6.07) is 3.49. The lowest BCUT2D eigenvalue weighted by atomic mass is 10.1. The van der Waals surface area contributed by atoms with Crippen LogP contribution in [0.2, 0.25) is 5.02 Å². The van der Waals surface area contributed by atoms with Crippen molar-refractivity contribution < 1.29 is 9.15 Å². The molecule has 0 bridgehead atoms. The zero-order chi connectivity index (χ0) is 12.4. The molecule has 1 aliphatic heterocycles. The van der Waals surface area contributed by atoms with Gasteiger partial charge in [0, 0.05) is 12.8 Å². The summed E-state index contributed by atoms with van der Waals surface area (Å²) in [6.07, 6.45) is 4.62. The molecule has 18 heavy (non-hydrogen) atoms. The highest BCUT2D eigenvalue weighted by atomic mass is 35.5. The maximum atomic E-state index is 5.78. The molecule has 2 aromatic rings. The summed E-state index contributed by atoms with van der Waals surface area (Å²) in [5.41, 5.74) is 0.619. The molecular weight excluding hydrogens is 254 g/mol. The number of hydrogen-bond donors (Lipinski definition) is 0. The van der Waals surface area contributed by atoms with E-state index in [-0.39, 0.29) is 6.10 Å². The molecule has 0 radical (unpaired) electrons. The molecule has 3 heterocycles. The quantitative estimate of drug-likeness (QED) is 0.835. The molecule has 6 heteroatoms. The third-order valence-corrected chi connectivity index (χ3v) is 3.07. The summed E-state index contributed by atoms with van der Waals surface area (Å²) in [6.45, 7) is 0.752. The van der Waals surface area contributed by atoms with Crippen LogP contribution < -0.4 is 0 Å². The number of ether oxygens (including phenoxy) is 1. The summed E-state index contributed by atoms with van der Waals surface area (Å²) in [5, 5.41) is 8.59. The van der Waals surface area contributed by atoms with Gasteiger partial charge in [-0.25, -0.2) is 4.98 Å². The standard InChI is InChI=1S/C12H12ClN3O2/c13-8-4-5-9(14-7-8)11-15-16-12(18-11)10-3-1-2-6-17-10/h4-5,7,10H,1-3,6H2/t10-/m0/s1. The van der Waals surface area contributed by atoms with E-state index in [0.29, 0.717) is 22.5 Å². The molecule has 1 saturated heterocycles. The third kappa shape index (κ3) is 2.37. The van der Waals surface area contributed by atoms with E-state index in [9.17, 15) is 0 Å². The molecule has 3 rings (SSSR count). The fourth-order valence-corrected chi connectivity index (χ4v) is 2.02. The molecule has 94 valence electrons. The van der Waals surface area contributed by atoms with E-state index < -0.39 is 0 Å². The largest absolute Gasteiger partial charge is 0.416 e. The molecule has 0 unspecified atom stereocenters. The van der Waals surface area contributed by atoms with Gasteiger partial charge in [-0.15, -0.1) is 10.2 Å². The van der Waals surface area contributed by atoms with Crippen molar-refractivity contribution in [1.29, 1.82) is 0 Å². The number of hydrogen-bond acceptors (Lipinski definition) is 5. The van der Waals surface area contributed by atoms with E-state index >= 15 is 0 Å². The molecule has 5 nitrogen and oxygen atoms in total. The van der Waals surface area contributed by atoms with Gasteiger partial charge in [-0.3, -0.25) is 0 Å². The number of aromatic nitrogens is 3. The predicted molar refractivity (Wildman–Crippen MR) is 65.1 cm³/mol. The molecule has 0 aliphatic carbocycles. The summed E-state index contributed by atoms with van der Waals surface area (Å²) in [7, 11) is 0. The van der Waals surface area contributed by atoms with Crippen LogP contribution in [0.15, 0.2) is 22.7 Å². The summed E-state index contributed by atoms with van der Waals surface area (Å²) in [5.74, 6) is 0.928. The van der Waals surface area contributed by atoms with E-state index in [1.165, 1.54) is 0 Å². The number of pyridine rings is 1. The van der Waals surface area contributed by atoms with Gasteiger partial charge in [-0.2, -0.15) is 0 Å². The van der Waals surface area contributed by atoms with Crippen LogP contribution in [0, 0.1) is 0 Å². The Morgan fingerprint density at radius 1 is 1.22 bits per heavy atom. The van der Waals surface area contributed by atoms with Gasteiger partial charge in [0.15, 0.2) is 0 Å². The monoisotopic (exact) mass is 265 g/mol. The van der Waals surface area contributed by atoms with Crippen LogP contribution in [0.5, 0.6) is 0 Å². The third-order valence-electron chi connectivity index (χ3n) is 2.84. The zero-order valence-electron chi connectivity index (χ0n) is 9.67. The molecule has 0 spiro atoms. The Balaban J connectivity index is 1.82. The second-order valence-electron chi connectivity index (χ2n) is 4.16. The minimum absolute atomic E-state index is 0.0766. The maximum Gasteiger partial charge on any atom is 0.266 e. The topological polar surface area (TPSA) is 61.0 Å². The first-order chi connectivity index (χ1) is 8.83. The summed E-state index contributed by atoms with van der Waals surface area (Å²) >= 11 is 5.78. The smallest absolute Gasteiger partial charge is 0.266 e. The Kier molecular flexibility index (Phi) is 3.25. The first kappa shape index (κ1) is 11.6. The van der Waals surface area contributed by atoms with Gasteiger partial charge in [0.05, 0.1) is 5.02 Å². The van der Waals surface area contributed by atoms with Crippen molar-refractivity contribution in [3.8, 4) is 11.6 Å². The highest BCUT2D eigenvalue weighted by molar-refractivity contribution is 6.30. The van der Waals surface area contributed by atoms with Crippen molar-refractivity contribution in [3.05, 3.63) is 29.2 Å². The van der Waals surface area contributed by atoms with Crippen LogP contribution in [-0.2, 0) is 4.74 Å². The fourth-order valence-electron chi connectivity index (χ4n) is 1.91. The SMILES string of the molecule is Clc1ccc(-c2nnc([C@@H]3CCCCO3)o2)nc1. The average Bonchev–Trinajstić information content (AvgIpc) is 2.90. The van der Waals surface area contributed by atoms with E-state index in [4.69, 9.17) is 20.8 Å². The van der Waals surface area contributed by atoms with E-state index in [0.717, 1.165) is 25.9 Å². The van der Waals surface area contributed by atoms with Gasteiger partial charge in [0.25, 0.3) is 5.89 Å². The number of halogens is 1. The summed E-state index contributed by atoms with van der Waals surface area (Å²) < 4.78 is 11.2. The van der Waals surface area contributed by atoms with E-state index in [2.05, 4.69) is 15.2 Å². The molecule has 0 N–H and O–H groups in total. The van der Waals surface area contributed by atoms with Crippen molar-refractivity contribution >= 4 is 11.6 Å². The van der Waals surface area contributed by atoms with Crippen LogP contribution in [0.3, 0.4) is 0 Å². The van der Waals surface area contributed by atoms with Gasteiger partial charge in [-0.05, 0) is 31.4 Å². The van der Waals surface area contributed by atoms with Crippen LogP contribution in [0.25, 0.3) is 11.6 Å². The second-order valence-corrected chi connectivity index (χ2v) is 4.60. The Bertz CT molecular complexity index is 520. The predicted octanol–water partition coefficient (Wildman–Crippen LogP) is 3.03. The highest BCUT2D eigenvalue weighted by Crippen LogP contribution is 2.28. The Hall–Kier alpha value is -1.46. The Morgan fingerprint density at radius 3 is 2.89 bits per heavy atom. The molecule has 0 amide bonds. The molecule has 0 aromatic carbocycles. The van der Waals surface area contributed by atoms with Crippen LogP contribution in [-0.4, -0.2) is 21.8 Å². The lowest BCUT2D eigenvalue weighted by Crippen LogP contribution is -2.11. The Morgan fingerprint density at radius 2 is 2.17 bits per heavy atom. The van der Waals surface area contributed by atoms with Crippen LogP contribution >= 0.6 is 11.6 Å². The zero-order valence-corrected chi connectivity index (χ0v) is 10.4. The summed E-state index contributed by atoms with van der Waals surface area (Å²) in [4.78, 5) is 4.14. The molecule has 1 aliphatic rings. The number of rotatable bonds is 2. The first-order valence-electron chi connectivity index (χ1n) is 5.90. The molecule has 2 aromatic heterocycles. The maximum absolute atomic E-state index is 5.78. The van der Waals surface area contributed by atoms with Crippen molar-refractivity contribution in [1.82, 2.24) is 15.2 Å². The molecule has 1 atom stereocenters. The van der Waals surface area contributed by atoms with E-state index in [1.807, 2.05) is 0 Å². The van der Waals surface area contributed by atoms with Crippen LogP contribution in [0.4, 0.5) is 0 Å². The van der Waals surface area contributed by atoms with Crippen molar-refractivity contribution in [2.45, 2.75) is 25.4 Å². The van der Waals surface area contributed by atoms with Gasteiger partial charge >= 0.3 is 0 Å². The van der Waals surface area contributed by atoms with Crippen molar-refractivity contribution in [2.75, 3.05) is 6.61 Å². The van der Waals surface area contributed by atoms with Gasteiger partial charge < -0.3 is 9.15 Å². The molecule has 1 fully saturated rings. The lowest BCUT2D eigenvalue weighted by Gasteiger charge is -2.18. The highest BCUT2D eigenvalue weighted by Gasteiger charge is 2.22. The lowest BCUT2D eigenvalue weighted by molar-refractivity contribution is -0.00127. The van der Waals surface area contributed by atoms with E-state index in [1.54, 1.807) is 18.3 Å². The van der Waals surface area contributed by atoms with Gasteiger partial charge in [-0.1, -0.05) is 11.6 Å². The molecular formula is C12H12ClN3O2. The van der Waals surface area contributed by atoms with Gasteiger partial charge in [0.2, 0.25) is 5.89 Å².